The Morgan fingerprint density at radius 3 is 2.62 bits per heavy atom. The van der Waals surface area contributed by atoms with Crippen molar-refractivity contribution in [1.82, 2.24) is 5.32 Å². The van der Waals surface area contributed by atoms with E-state index in [1.807, 2.05) is 24.3 Å². The van der Waals surface area contributed by atoms with Crippen molar-refractivity contribution >= 4 is 23.4 Å². The van der Waals surface area contributed by atoms with Crippen molar-refractivity contribution < 1.29 is 4.39 Å². The maximum Gasteiger partial charge on any atom is 0.137 e. The summed E-state index contributed by atoms with van der Waals surface area (Å²) in [6, 6.07) is 12.6. The number of halogens is 2. The fraction of sp³-hybridized carbons (Fsp3) is 0.294. The summed E-state index contributed by atoms with van der Waals surface area (Å²) in [7, 11) is 0. The molecule has 2 aromatic carbocycles. The van der Waals surface area contributed by atoms with Crippen molar-refractivity contribution in [2.75, 3.05) is 6.54 Å². The van der Waals surface area contributed by atoms with Crippen molar-refractivity contribution in [3.05, 3.63) is 58.9 Å². The van der Waals surface area contributed by atoms with E-state index in [9.17, 15) is 4.39 Å². The van der Waals surface area contributed by atoms with E-state index in [2.05, 4.69) is 19.2 Å². The van der Waals surface area contributed by atoms with Gasteiger partial charge in [-0.05, 0) is 42.3 Å². The summed E-state index contributed by atoms with van der Waals surface area (Å²) in [5, 5.41) is 4.08. The molecule has 0 aliphatic heterocycles. The molecule has 0 amide bonds. The summed E-state index contributed by atoms with van der Waals surface area (Å²) >= 11 is 7.49. The monoisotopic (exact) mass is 323 g/mol. The second kappa shape index (κ2) is 7.83. The quantitative estimate of drug-likeness (QED) is 0.766. The Hall–Kier alpha value is -1.03. The maximum atomic E-state index is 13.8. The maximum absolute atomic E-state index is 13.8. The summed E-state index contributed by atoms with van der Waals surface area (Å²) in [6.45, 7) is 6.05. The van der Waals surface area contributed by atoms with Crippen molar-refractivity contribution in [1.29, 1.82) is 0 Å². The van der Waals surface area contributed by atoms with Gasteiger partial charge in [-0.25, -0.2) is 4.39 Å². The SMILES string of the molecule is CC(C)CNCc1ccc(Cl)cc1Sc1ccccc1F. The molecule has 0 aliphatic carbocycles. The van der Waals surface area contributed by atoms with E-state index in [0.29, 0.717) is 15.8 Å². The van der Waals surface area contributed by atoms with Gasteiger partial charge in [-0.15, -0.1) is 0 Å². The standard InChI is InChI=1S/C17H19ClFNS/c1-12(2)10-20-11-13-7-8-14(18)9-17(13)21-16-6-4-3-5-15(16)19/h3-9,12,20H,10-11H2,1-2H3. The zero-order valence-electron chi connectivity index (χ0n) is 12.2. The molecule has 2 rings (SSSR count). The zero-order chi connectivity index (χ0) is 15.2. The number of benzene rings is 2. The lowest BCUT2D eigenvalue weighted by molar-refractivity contribution is 0.550. The Bertz CT molecular complexity index is 601. The Balaban J connectivity index is 2.17. The fourth-order valence-corrected chi connectivity index (χ4v) is 3.15. The van der Waals surface area contributed by atoms with Gasteiger partial charge in [0.1, 0.15) is 5.82 Å². The first-order chi connectivity index (χ1) is 10.1. The highest BCUT2D eigenvalue weighted by Crippen LogP contribution is 2.33. The van der Waals surface area contributed by atoms with Gasteiger partial charge in [-0.1, -0.05) is 55.4 Å². The average molecular weight is 324 g/mol. The summed E-state index contributed by atoms with van der Waals surface area (Å²) in [4.78, 5) is 1.61. The summed E-state index contributed by atoms with van der Waals surface area (Å²) in [6.07, 6.45) is 0. The highest BCUT2D eigenvalue weighted by molar-refractivity contribution is 7.99. The van der Waals surface area contributed by atoms with Gasteiger partial charge in [0.2, 0.25) is 0 Å². The van der Waals surface area contributed by atoms with Crippen LogP contribution in [0, 0.1) is 11.7 Å². The summed E-state index contributed by atoms with van der Waals surface area (Å²) in [5.74, 6) is 0.392. The number of hydrogen-bond acceptors (Lipinski definition) is 2. The molecule has 0 heterocycles. The molecule has 21 heavy (non-hydrogen) atoms. The molecule has 4 heteroatoms. The van der Waals surface area contributed by atoms with E-state index < -0.39 is 0 Å². The zero-order valence-corrected chi connectivity index (χ0v) is 13.8. The van der Waals surface area contributed by atoms with Crippen LogP contribution in [0.3, 0.4) is 0 Å². The number of rotatable bonds is 6. The average Bonchev–Trinajstić information content (AvgIpc) is 2.43. The second-order valence-electron chi connectivity index (χ2n) is 5.31. The second-order valence-corrected chi connectivity index (χ2v) is 6.83. The predicted octanol–water partition coefficient (Wildman–Crippen LogP) is 5.38. The first-order valence-electron chi connectivity index (χ1n) is 6.98. The molecule has 0 aromatic heterocycles. The Morgan fingerprint density at radius 1 is 1.14 bits per heavy atom. The molecule has 0 spiro atoms. The van der Waals surface area contributed by atoms with E-state index in [-0.39, 0.29) is 5.82 Å². The first kappa shape index (κ1) is 16.3. The Morgan fingerprint density at radius 2 is 1.90 bits per heavy atom. The van der Waals surface area contributed by atoms with Crippen LogP contribution in [0.15, 0.2) is 52.3 Å². The van der Waals surface area contributed by atoms with Crippen molar-refractivity contribution in [2.24, 2.45) is 5.92 Å². The molecule has 0 radical (unpaired) electrons. The van der Waals surface area contributed by atoms with Crippen LogP contribution in [0.4, 0.5) is 4.39 Å². The molecule has 0 saturated carbocycles. The topological polar surface area (TPSA) is 12.0 Å². The molecular formula is C17H19ClFNS. The first-order valence-corrected chi connectivity index (χ1v) is 8.17. The van der Waals surface area contributed by atoms with Crippen molar-refractivity contribution in [2.45, 2.75) is 30.2 Å². The van der Waals surface area contributed by atoms with Gasteiger partial charge >= 0.3 is 0 Å². The van der Waals surface area contributed by atoms with Crippen LogP contribution in [0.2, 0.25) is 5.02 Å². The van der Waals surface area contributed by atoms with E-state index in [4.69, 9.17) is 11.6 Å². The normalized spacial score (nSPS) is 11.1. The minimum atomic E-state index is -0.205. The van der Waals surface area contributed by atoms with Crippen LogP contribution in [0.1, 0.15) is 19.4 Å². The van der Waals surface area contributed by atoms with E-state index in [1.54, 1.807) is 12.1 Å². The smallest absolute Gasteiger partial charge is 0.137 e. The number of hydrogen-bond donors (Lipinski definition) is 1. The fourth-order valence-electron chi connectivity index (χ4n) is 1.91. The molecule has 2 aromatic rings. The van der Waals surface area contributed by atoms with Crippen LogP contribution < -0.4 is 5.32 Å². The largest absolute Gasteiger partial charge is 0.312 e. The molecule has 0 fully saturated rings. The van der Waals surface area contributed by atoms with Gasteiger partial charge in [0.05, 0.1) is 0 Å². The lowest BCUT2D eigenvalue weighted by Gasteiger charge is -2.12. The highest BCUT2D eigenvalue weighted by atomic mass is 35.5. The molecule has 0 unspecified atom stereocenters. The minimum Gasteiger partial charge on any atom is -0.312 e. The van der Waals surface area contributed by atoms with E-state index in [1.165, 1.54) is 17.8 Å². The molecule has 0 atom stereocenters. The molecule has 1 N–H and O–H groups in total. The molecular weight excluding hydrogens is 305 g/mol. The lowest BCUT2D eigenvalue weighted by atomic mass is 10.2. The van der Waals surface area contributed by atoms with Crippen LogP contribution in [0.5, 0.6) is 0 Å². The summed E-state index contributed by atoms with van der Waals surface area (Å²) in [5.41, 5.74) is 1.13. The highest BCUT2D eigenvalue weighted by Gasteiger charge is 2.09. The third kappa shape index (κ3) is 5.03. The van der Waals surface area contributed by atoms with Gasteiger partial charge in [0.15, 0.2) is 0 Å². The third-order valence-corrected chi connectivity index (χ3v) is 4.34. The van der Waals surface area contributed by atoms with Gasteiger partial charge < -0.3 is 5.32 Å². The molecule has 1 nitrogen and oxygen atoms in total. The lowest BCUT2D eigenvalue weighted by Crippen LogP contribution is -2.19. The van der Waals surface area contributed by atoms with E-state index in [0.717, 1.165) is 23.5 Å². The number of nitrogens with one attached hydrogen (secondary N) is 1. The summed E-state index contributed by atoms with van der Waals surface area (Å²) < 4.78 is 13.8. The van der Waals surface area contributed by atoms with Crippen LogP contribution >= 0.6 is 23.4 Å². The van der Waals surface area contributed by atoms with Crippen LogP contribution in [-0.2, 0) is 6.54 Å². The molecule has 0 aliphatic rings. The van der Waals surface area contributed by atoms with Crippen molar-refractivity contribution in [3.63, 3.8) is 0 Å². The van der Waals surface area contributed by atoms with Gasteiger partial charge in [-0.3, -0.25) is 0 Å². The minimum absolute atomic E-state index is 0.205. The van der Waals surface area contributed by atoms with Crippen LogP contribution in [-0.4, -0.2) is 6.54 Å². The van der Waals surface area contributed by atoms with Gasteiger partial charge in [0.25, 0.3) is 0 Å². The predicted molar refractivity (Wildman–Crippen MR) is 88.5 cm³/mol. The van der Waals surface area contributed by atoms with E-state index >= 15 is 0 Å². The third-order valence-electron chi connectivity index (χ3n) is 2.95. The molecule has 0 saturated heterocycles. The molecule has 0 bridgehead atoms. The van der Waals surface area contributed by atoms with Gasteiger partial charge in [-0.2, -0.15) is 0 Å². The van der Waals surface area contributed by atoms with Crippen LogP contribution in [0.25, 0.3) is 0 Å². The Labute approximate surface area is 134 Å². The van der Waals surface area contributed by atoms with Gasteiger partial charge in [0, 0.05) is 21.4 Å². The Kier molecular flexibility index (Phi) is 6.09. The van der Waals surface area contributed by atoms with Crippen molar-refractivity contribution in [3.8, 4) is 0 Å². The molecule has 112 valence electrons.